The lowest BCUT2D eigenvalue weighted by Crippen LogP contribution is -2.39. The van der Waals surface area contributed by atoms with E-state index in [1.54, 1.807) is 0 Å². The maximum atomic E-state index is 9.32. The molecule has 0 saturated carbocycles. The second-order valence-corrected chi connectivity index (χ2v) is 2.91. The smallest absolute Gasteiger partial charge is 0.0702 e. The second kappa shape index (κ2) is 3.91. The van der Waals surface area contributed by atoms with Crippen molar-refractivity contribution in [2.75, 3.05) is 19.6 Å². The third-order valence-corrected chi connectivity index (χ3v) is 2.12. The summed E-state index contributed by atoms with van der Waals surface area (Å²) < 4.78 is 0. The molecule has 1 heterocycles. The summed E-state index contributed by atoms with van der Waals surface area (Å²) in [5, 5.41) is 12.6. The molecule has 0 radical (unpaired) electrons. The molecule has 1 aliphatic rings. The fourth-order valence-corrected chi connectivity index (χ4v) is 1.40. The van der Waals surface area contributed by atoms with Crippen molar-refractivity contribution in [2.45, 2.75) is 18.9 Å². The van der Waals surface area contributed by atoms with Crippen LogP contribution in [-0.2, 0) is 0 Å². The number of nitrogens with two attached hydrogens (primary N) is 1. The first-order valence-corrected chi connectivity index (χ1v) is 3.93. The molecule has 0 spiro atoms. The van der Waals surface area contributed by atoms with Gasteiger partial charge in [-0.15, -0.1) is 0 Å². The Morgan fingerprint density at radius 1 is 1.70 bits per heavy atom. The summed E-state index contributed by atoms with van der Waals surface area (Å²) in [6.45, 7) is 2.42. The molecule has 0 bridgehead atoms. The van der Waals surface area contributed by atoms with Crippen molar-refractivity contribution in [1.29, 1.82) is 0 Å². The number of hydrogen-bond acceptors (Lipinski definition) is 3. The highest BCUT2D eigenvalue weighted by atomic mass is 16.3. The van der Waals surface area contributed by atoms with Gasteiger partial charge in [-0.2, -0.15) is 0 Å². The maximum absolute atomic E-state index is 9.32. The molecule has 0 amide bonds. The van der Waals surface area contributed by atoms with Crippen molar-refractivity contribution in [2.24, 2.45) is 11.7 Å². The number of aliphatic hydroxyl groups is 1. The predicted octanol–water partition coefficient (Wildman–Crippen LogP) is -0.694. The number of hydrogen-bond donors (Lipinski definition) is 3. The van der Waals surface area contributed by atoms with Gasteiger partial charge in [0.05, 0.1) is 6.10 Å². The zero-order chi connectivity index (χ0) is 7.40. The number of piperidine rings is 1. The normalized spacial score (nSPS) is 30.0. The SMILES string of the molecule is NCC(O)C1CCCNC1. The average molecular weight is 144 g/mol. The highest BCUT2D eigenvalue weighted by Crippen LogP contribution is 2.12. The molecule has 4 N–H and O–H groups in total. The van der Waals surface area contributed by atoms with Crippen LogP contribution in [0.15, 0.2) is 0 Å². The van der Waals surface area contributed by atoms with Gasteiger partial charge < -0.3 is 16.2 Å². The molecule has 0 aromatic heterocycles. The van der Waals surface area contributed by atoms with Gasteiger partial charge in [0.25, 0.3) is 0 Å². The van der Waals surface area contributed by atoms with Crippen LogP contribution in [-0.4, -0.2) is 30.8 Å². The van der Waals surface area contributed by atoms with Gasteiger partial charge in [-0.3, -0.25) is 0 Å². The van der Waals surface area contributed by atoms with Gasteiger partial charge in [0.2, 0.25) is 0 Å². The van der Waals surface area contributed by atoms with E-state index in [0.717, 1.165) is 19.5 Å². The average Bonchev–Trinajstić information content (AvgIpc) is 2.05. The third-order valence-electron chi connectivity index (χ3n) is 2.12. The summed E-state index contributed by atoms with van der Waals surface area (Å²) in [4.78, 5) is 0. The van der Waals surface area contributed by atoms with Crippen molar-refractivity contribution in [1.82, 2.24) is 5.32 Å². The molecule has 1 aliphatic heterocycles. The Morgan fingerprint density at radius 2 is 2.50 bits per heavy atom. The first-order chi connectivity index (χ1) is 4.84. The second-order valence-electron chi connectivity index (χ2n) is 2.91. The lowest BCUT2D eigenvalue weighted by Gasteiger charge is -2.26. The van der Waals surface area contributed by atoms with Crippen molar-refractivity contribution in [3.05, 3.63) is 0 Å². The zero-order valence-electron chi connectivity index (χ0n) is 6.21. The van der Waals surface area contributed by atoms with Crippen LogP contribution in [0.2, 0.25) is 0 Å². The van der Waals surface area contributed by atoms with Crippen molar-refractivity contribution < 1.29 is 5.11 Å². The minimum absolute atomic E-state index is 0.298. The van der Waals surface area contributed by atoms with Crippen LogP contribution in [0.5, 0.6) is 0 Å². The summed E-state index contributed by atoms with van der Waals surface area (Å²) in [5.74, 6) is 0.388. The number of aliphatic hydroxyl groups excluding tert-OH is 1. The summed E-state index contributed by atoms with van der Waals surface area (Å²) in [6.07, 6.45) is 1.99. The van der Waals surface area contributed by atoms with Gasteiger partial charge in [0, 0.05) is 13.1 Å². The molecule has 3 heteroatoms. The first kappa shape index (κ1) is 7.98. The fraction of sp³-hybridized carbons (Fsp3) is 1.00. The minimum Gasteiger partial charge on any atom is -0.391 e. The maximum Gasteiger partial charge on any atom is 0.0702 e. The van der Waals surface area contributed by atoms with E-state index in [2.05, 4.69) is 5.32 Å². The first-order valence-electron chi connectivity index (χ1n) is 3.93. The van der Waals surface area contributed by atoms with Crippen LogP contribution >= 0.6 is 0 Å². The van der Waals surface area contributed by atoms with E-state index in [4.69, 9.17) is 5.73 Å². The molecule has 2 unspecified atom stereocenters. The largest absolute Gasteiger partial charge is 0.391 e. The Balaban J connectivity index is 2.24. The van der Waals surface area contributed by atoms with Crippen LogP contribution < -0.4 is 11.1 Å². The highest BCUT2D eigenvalue weighted by Gasteiger charge is 2.19. The van der Waals surface area contributed by atoms with Gasteiger partial charge in [0.1, 0.15) is 0 Å². The molecule has 2 atom stereocenters. The molecule has 3 nitrogen and oxygen atoms in total. The number of nitrogens with one attached hydrogen (secondary N) is 1. The van der Waals surface area contributed by atoms with Gasteiger partial charge in [0.15, 0.2) is 0 Å². The summed E-state index contributed by atoms with van der Waals surface area (Å²) in [6, 6.07) is 0. The van der Waals surface area contributed by atoms with Gasteiger partial charge in [-0.05, 0) is 25.3 Å². The summed E-state index contributed by atoms with van der Waals surface area (Å²) in [7, 11) is 0. The molecular weight excluding hydrogens is 128 g/mol. The lowest BCUT2D eigenvalue weighted by atomic mass is 9.94. The fourth-order valence-electron chi connectivity index (χ4n) is 1.40. The quantitative estimate of drug-likeness (QED) is 0.480. The Hall–Kier alpha value is -0.120. The van der Waals surface area contributed by atoms with Crippen molar-refractivity contribution >= 4 is 0 Å². The molecule has 0 aromatic carbocycles. The minimum atomic E-state index is -0.298. The Morgan fingerprint density at radius 3 is 3.00 bits per heavy atom. The molecule has 10 heavy (non-hydrogen) atoms. The van der Waals surface area contributed by atoms with E-state index >= 15 is 0 Å². The summed E-state index contributed by atoms with van der Waals surface area (Å²) >= 11 is 0. The van der Waals surface area contributed by atoms with E-state index in [9.17, 15) is 5.11 Å². The van der Waals surface area contributed by atoms with Gasteiger partial charge in [-0.1, -0.05) is 0 Å². The Bertz CT molecular complexity index is 91.6. The van der Waals surface area contributed by atoms with E-state index < -0.39 is 0 Å². The van der Waals surface area contributed by atoms with E-state index in [-0.39, 0.29) is 6.10 Å². The number of rotatable bonds is 2. The Kier molecular flexibility index (Phi) is 3.12. The van der Waals surface area contributed by atoms with Crippen molar-refractivity contribution in [3.8, 4) is 0 Å². The lowest BCUT2D eigenvalue weighted by molar-refractivity contribution is 0.0992. The van der Waals surface area contributed by atoms with Crippen LogP contribution in [0.25, 0.3) is 0 Å². The van der Waals surface area contributed by atoms with Crippen molar-refractivity contribution in [3.63, 3.8) is 0 Å². The monoisotopic (exact) mass is 144 g/mol. The molecule has 60 valence electrons. The third kappa shape index (κ3) is 1.94. The molecule has 1 saturated heterocycles. The van der Waals surface area contributed by atoms with Gasteiger partial charge >= 0.3 is 0 Å². The van der Waals surface area contributed by atoms with E-state index in [1.807, 2.05) is 0 Å². The van der Waals surface area contributed by atoms with Crippen LogP contribution in [0.3, 0.4) is 0 Å². The molecule has 1 rings (SSSR count). The van der Waals surface area contributed by atoms with Gasteiger partial charge in [-0.25, -0.2) is 0 Å². The predicted molar refractivity (Wildman–Crippen MR) is 40.7 cm³/mol. The molecule has 0 aromatic rings. The van der Waals surface area contributed by atoms with Crippen LogP contribution in [0.4, 0.5) is 0 Å². The summed E-state index contributed by atoms with van der Waals surface area (Å²) in [5.41, 5.74) is 5.33. The topological polar surface area (TPSA) is 58.3 Å². The van der Waals surface area contributed by atoms with E-state index in [1.165, 1.54) is 6.42 Å². The zero-order valence-corrected chi connectivity index (χ0v) is 6.21. The Labute approximate surface area is 61.6 Å². The molecular formula is C7H16N2O. The van der Waals surface area contributed by atoms with Crippen LogP contribution in [0.1, 0.15) is 12.8 Å². The van der Waals surface area contributed by atoms with E-state index in [0.29, 0.717) is 12.5 Å². The molecule has 0 aliphatic carbocycles. The molecule has 1 fully saturated rings. The van der Waals surface area contributed by atoms with Crippen LogP contribution in [0, 0.1) is 5.92 Å². The standard InChI is InChI=1S/C7H16N2O/c8-4-7(10)6-2-1-3-9-5-6/h6-7,9-10H,1-5,8H2. The highest BCUT2D eigenvalue weighted by molar-refractivity contribution is 4.75.